The number of nitrogens with zero attached hydrogens (tertiary/aromatic N) is 5. The summed E-state index contributed by atoms with van der Waals surface area (Å²) < 4.78 is 39.6. The molecular formula is C9H6F3N7O2. The van der Waals surface area contributed by atoms with E-state index in [1.165, 1.54) is 0 Å². The van der Waals surface area contributed by atoms with Crippen molar-refractivity contribution in [2.24, 2.45) is 31.9 Å². The Kier molecular flexibility index (Phi) is 3.49. The smallest absolute Gasteiger partial charge is 0.288 e. The van der Waals surface area contributed by atoms with Crippen LogP contribution in [0.5, 0.6) is 0 Å². The second-order valence-electron chi connectivity index (χ2n) is 3.87. The molecule has 2 rings (SSSR count). The highest BCUT2D eigenvalue weighted by Gasteiger charge is 2.30. The lowest BCUT2D eigenvalue weighted by molar-refractivity contribution is -0.384. The zero-order chi connectivity index (χ0) is 15.8. The van der Waals surface area contributed by atoms with Crippen LogP contribution in [0.3, 0.4) is 0 Å². The third-order valence-corrected chi connectivity index (χ3v) is 2.38. The van der Waals surface area contributed by atoms with Crippen LogP contribution in [0.25, 0.3) is 0 Å². The number of nitro benzene ring substituents is 1. The van der Waals surface area contributed by atoms with Gasteiger partial charge in [0.05, 0.1) is 17.2 Å². The van der Waals surface area contributed by atoms with Gasteiger partial charge >= 0.3 is 5.69 Å². The van der Waals surface area contributed by atoms with Crippen molar-refractivity contribution in [3.05, 3.63) is 45.5 Å². The van der Waals surface area contributed by atoms with E-state index in [0.717, 1.165) is 6.20 Å². The fraction of sp³-hybridized carbons (Fsp3) is 0.111. The van der Waals surface area contributed by atoms with E-state index in [1.807, 2.05) is 0 Å². The van der Waals surface area contributed by atoms with E-state index in [0.29, 0.717) is 0 Å². The van der Waals surface area contributed by atoms with E-state index >= 15 is 0 Å². The predicted octanol–water partition coefficient (Wildman–Crippen LogP) is 1.97. The maximum absolute atomic E-state index is 13.5. The van der Waals surface area contributed by atoms with Gasteiger partial charge in [0.2, 0.25) is 11.5 Å². The van der Waals surface area contributed by atoms with Crippen molar-refractivity contribution in [2.75, 3.05) is 0 Å². The average Bonchev–Trinajstić information content (AvgIpc) is 2.73. The Labute approximate surface area is 114 Å². The van der Waals surface area contributed by atoms with Crippen LogP contribution >= 0.6 is 0 Å². The molecule has 1 aromatic rings. The Hall–Kier alpha value is -2.73. The van der Waals surface area contributed by atoms with Crippen molar-refractivity contribution in [2.45, 2.75) is 5.79 Å². The van der Waals surface area contributed by atoms with Crippen molar-refractivity contribution in [3.8, 4) is 0 Å². The van der Waals surface area contributed by atoms with Gasteiger partial charge in [-0.25, -0.2) is 13.2 Å². The zero-order valence-corrected chi connectivity index (χ0v) is 10.00. The minimum atomic E-state index is -1.92. The number of halogens is 3. The van der Waals surface area contributed by atoms with Gasteiger partial charge in [0.25, 0.3) is 0 Å². The third kappa shape index (κ3) is 2.61. The quantitative estimate of drug-likeness (QED) is 0.289. The molecule has 21 heavy (non-hydrogen) atoms. The first kappa shape index (κ1) is 14.7. The first-order valence-corrected chi connectivity index (χ1v) is 5.18. The Balaban J connectivity index is 2.50. The van der Waals surface area contributed by atoms with E-state index in [2.05, 4.69) is 20.5 Å². The summed E-state index contributed by atoms with van der Waals surface area (Å²) in [6.07, 6.45) is 0.979. The summed E-state index contributed by atoms with van der Waals surface area (Å²) in [7, 11) is 0. The number of benzene rings is 1. The van der Waals surface area contributed by atoms with Crippen LogP contribution in [0.4, 0.5) is 24.5 Å². The van der Waals surface area contributed by atoms with Crippen molar-refractivity contribution >= 4 is 11.4 Å². The maximum atomic E-state index is 13.5. The second kappa shape index (κ2) is 4.99. The highest BCUT2D eigenvalue weighted by Crippen LogP contribution is 2.34. The fourth-order valence-corrected chi connectivity index (χ4v) is 1.35. The molecule has 0 amide bonds. The molecule has 0 saturated carbocycles. The number of rotatable bonds is 3. The van der Waals surface area contributed by atoms with Crippen molar-refractivity contribution in [1.29, 1.82) is 0 Å². The van der Waals surface area contributed by atoms with E-state index in [9.17, 15) is 23.3 Å². The highest BCUT2D eigenvalue weighted by molar-refractivity contribution is 5.58. The predicted molar refractivity (Wildman–Crippen MR) is 61.5 cm³/mol. The van der Waals surface area contributed by atoms with Gasteiger partial charge in [-0.15, -0.1) is 15.3 Å². The first-order valence-electron chi connectivity index (χ1n) is 5.18. The molecular weight excluding hydrogens is 295 g/mol. The molecule has 12 heteroatoms. The van der Waals surface area contributed by atoms with Crippen LogP contribution in [-0.2, 0) is 0 Å². The lowest BCUT2D eigenvalue weighted by Gasteiger charge is -2.11. The van der Waals surface area contributed by atoms with Crippen LogP contribution in [0.15, 0.2) is 38.4 Å². The van der Waals surface area contributed by atoms with Crippen LogP contribution < -0.4 is 11.5 Å². The van der Waals surface area contributed by atoms with Gasteiger partial charge in [0, 0.05) is 0 Å². The maximum Gasteiger partial charge on any atom is 0.302 e. The van der Waals surface area contributed by atoms with Gasteiger partial charge in [-0.1, -0.05) is 0 Å². The van der Waals surface area contributed by atoms with Crippen molar-refractivity contribution in [3.63, 3.8) is 0 Å². The molecule has 0 radical (unpaired) electrons. The summed E-state index contributed by atoms with van der Waals surface area (Å²) in [5, 5.41) is 23.9. The van der Waals surface area contributed by atoms with E-state index in [4.69, 9.17) is 11.5 Å². The average molecular weight is 301 g/mol. The molecule has 1 heterocycles. The molecule has 4 N–H and O–H groups in total. The molecule has 1 aliphatic rings. The molecule has 0 fully saturated rings. The molecule has 0 aliphatic carbocycles. The minimum absolute atomic E-state index is 0.183. The van der Waals surface area contributed by atoms with Gasteiger partial charge in [0.15, 0.2) is 17.5 Å². The van der Waals surface area contributed by atoms with Gasteiger partial charge < -0.3 is 0 Å². The zero-order valence-electron chi connectivity index (χ0n) is 10.00. The van der Waals surface area contributed by atoms with E-state index in [-0.39, 0.29) is 11.8 Å². The summed E-state index contributed by atoms with van der Waals surface area (Å²) in [4.78, 5) is 9.57. The molecule has 0 spiro atoms. The molecule has 0 unspecified atom stereocenters. The largest absolute Gasteiger partial charge is 0.302 e. The monoisotopic (exact) mass is 301 g/mol. The fourth-order valence-electron chi connectivity index (χ4n) is 1.35. The van der Waals surface area contributed by atoms with Gasteiger partial charge in [0.1, 0.15) is 5.70 Å². The molecule has 0 bridgehead atoms. The van der Waals surface area contributed by atoms with Gasteiger partial charge in [-0.05, 0) is 0 Å². The summed E-state index contributed by atoms with van der Waals surface area (Å²) in [6, 6.07) is 0.183. The van der Waals surface area contributed by atoms with Crippen molar-refractivity contribution < 1.29 is 18.1 Å². The first-order chi connectivity index (χ1) is 9.74. The van der Waals surface area contributed by atoms with Gasteiger partial charge in [-0.2, -0.15) is 5.11 Å². The third-order valence-electron chi connectivity index (χ3n) is 2.38. The number of hydrogen-bond acceptors (Lipinski definition) is 8. The van der Waals surface area contributed by atoms with Crippen LogP contribution in [0.1, 0.15) is 0 Å². The standard InChI is InChI=1S/C9H6F3N7O2/c10-3-1-4(19(20)21)8(7(12)6(3)11)17-16-5-2-15-18-9(5,13)14/h1-2H,13-14H2. The lowest BCUT2D eigenvalue weighted by Crippen LogP contribution is -2.47. The summed E-state index contributed by atoms with van der Waals surface area (Å²) >= 11 is 0. The Morgan fingerprint density at radius 1 is 1.24 bits per heavy atom. The van der Waals surface area contributed by atoms with Crippen LogP contribution in [0, 0.1) is 27.6 Å². The molecule has 0 saturated heterocycles. The Morgan fingerprint density at radius 2 is 1.90 bits per heavy atom. The topological polar surface area (TPSA) is 145 Å². The summed E-state index contributed by atoms with van der Waals surface area (Å²) in [5.74, 6) is -7.35. The van der Waals surface area contributed by atoms with Crippen molar-refractivity contribution in [1.82, 2.24) is 0 Å². The lowest BCUT2D eigenvalue weighted by atomic mass is 10.2. The van der Waals surface area contributed by atoms with Crippen LogP contribution in [0.2, 0.25) is 0 Å². The number of nitrogens with two attached hydrogens (primary N) is 2. The van der Waals surface area contributed by atoms with Gasteiger partial charge in [-0.3, -0.25) is 21.6 Å². The summed E-state index contributed by atoms with van der Waals surface area (Å²) in [5.41, 5.74) is 8.35. The molecule has 1 aliphatic heterocycles. The Morgan fingerprint density at radius 3 is 2.43 bits per heavy atom. The van der Waals surface area contributed by atoms with E-state index < -0.39 is 39.5 Å². The molecule has 0 atom stereocenters. The number of hydrogen-bond donors (Lipinski definition) is 2. The van der Waals surface area contributed by atoms with Crippen LogP contribution in [-0.4, -0.2) is 10.7 Å². The highest BCUT2D eigenvalue weighted by atomic mass is 19.2. The number of nitro groups is 1. The molecule has 1 aromatic carbocycles. The minimum Gasteiger partial charge on any atom is -0.288 e. The second-order valence-corrected chi connectivity index (χ2v) is 3.87. The molecule has 110 valence electrons. The normalized spacial score (nSPS) is 16.5. The Bertz CT molecular complexity index is 714. The SMILES string of the molecule is NC1(N)N=NC=C1N=Nc1c([N+](=O)[O-])cc(F)c(F)c1F. The van der Waals surface area contributed by atoms with E-state index in [1.54, 1.807) is 0 Å². The number of azo groups is 2. The summed E-state index contributed by atoms with van der Waals surface area (Å²) in [6.45, 7) is 0. The molecule has 0 aromatic heterocycles. The molecule has 9 nitrogen and oxygen atoms in total.